The Morgan fingerprint density at radius 2 is 2.21 bits per heavy atom. The van der Waals surface area contributed by atoms with Crippen molar-refractivity contribution in [1.29, 1.82) is 0 Å². The molecule has 7 heteroatoms. The van der Waals surface area contributed by atoms with Gasteiger partial charge in [-0.3, -0.25) is 9.59 Å². The first kappa shape index (κ1) is 15.6. The van der Waals surface area contributed by atoms with E-state index in [-0.39, 0.29) is 18.7 Å². The predicted molar refractivity (Wildman–Crippen MR) is 71.9 cm³/mol. The third-order valence-electron chi connectivity index (χ3n) is 2.38. The minimum atomic E-state index is -1.01. The zero-order valence-electron chi connectivity index (χ0n) is 10.6. The van der Waals surface area contributed by atoms with Crippen molar-refractivity contribution < 1.29 is 19.4 Å². The monoisotopic (exact) mass is 330 g/mol. The molecular weight excluding hydrogens is 316 g/mol. The van der Waals surface area contributed by atoms with Gasteiger partial charge in [-0.05, 0) is 35.0 Å². The molecule has 0 aromatic carbocycles. The summed E-state index contributed by atoms with van der Waals surface area (Å²) in [4.78, 5) is 26.8. The van der Waals surface area contributed by atoms with Crippen LogP contribution in [0.2, 0.25) is 0 Å². The van der Waals surface area contributed by atoms with E-state index in [9.17, 15) is 9.59 Å². The van der Waals surface area contributed by atoms with E-state index in [2.05, 4.69) is 26.2 Å². The number of amides is 1. The van der Waals surface area contributed by atoms with Gasteiger partial charge in [0.05, 0.1) is 18.6 Å². The van der Waals surface area contributed by atoms with Gasteiger partial charge in [-0.15, -0.1) is 0 Å². The first-order valence-electron chi connectivity index (χ1n) is 5.51. The molecule has 1 unspecified atom stereocenters. The number of aromatic nitrogens is 1. The molecule has 1 aromatic heterocycles. The van der Waals surface area contributed by atoms with Crippen molar-refractivity contribution >= 4 is 27.8 Å². The highest BCUT2D eigenvalue weighted by atomic mass is 79.9. The number of hydrogen-bond acceptors (Lipinski definition) is 4. The Morgan fingerprint density at radius 1 is 1.53 bits per heavy atom. The molecular formula is C12H15BrN2O4. The molecule has 1 aromatic rings. The van der Waals surface area contributed by atoms with Crippen molar-refractivity contribution in [2.75, 3.05) is 13.7 Å². The second kappa shape index (κ2) is 6.63. The summed E-state index contributed by atoms with van der Waals surface area (Å²) >= 11 is 3.22. The van der Waals surface area contributed by atoms with Crippen LogP contribution in [0.25, 0.3) is 0 Å². The van der Waals surface area contributed by atoms with Crippen LogP contribution < -0.4 is 5.32 Å². The van der Waals surface area contributed by atoms with Crippen molar-refractivity contribution in [1.82, 2.24) is 10.3 Å². The number of nitrogens with zero attached hydrogens (tertiary/aromatic N) is 1. The zero-order valence-corrected chi connectivity index (χ0v) is 12.2. The quantitative estimate of drug-likeness (QED) is 0.824. The van der Waals surface area contributed by atoms with E-state index in [0.717, 1.165) is 4.47 Å². The minimum Gasteiger partial charge on any atom is -0.481 e. The van der Waals surface area contributed by atoms with Crippen molar-refractivity contribution in [3.63, 3.8) is 0 Å². The number of methoxy groups -OCH3 is 1. The fraction of sp³-hybridized carbons (Fsp3) is 0.417. The largest absolute Gasteiger partial charge is 0.481 e. The highest BCUT2D eigenvalue weighted by molar-refractivity contribution is 9.10. The third kappa shape index (κ3) is 4.96. The molecule has 6 nitrogen and oxygen atoms in total. The smallest absolute Gasteiger partial charge is 0.305 e. The molecule has 0 bridgehead atoms. The highest BCUT2D eigenvalue weighted by Gasteiger charge is 2.30. The maximum absolute atomic E-state index is 12.0. The third-order valence-corrected chi connectivity index (χ3v) is 2.85. The van der Waals surface area contributed by atoms with Gasteiger partial charge in [0.25, 0.3) is 5.91 Å². The summed E-state index contributed by atoms with van der Waals surface area (Å²) in [7, 11) is 1.45. The molecule has 0 aliphatic rings. The molecule has 0 saturated carbocycles. The average Bonchev–Trinajstić information content (AvgIpc) is 2.28. The average molecular weight is 331 g/mol. The van der Waals surface area contributed by atoms with Gasteiger partial charge in [-0.2, -0.15) is 0 Å². The van der Waals surface area contributed by atoms with Crippen LogP contribution in [0.15, 0.2) is 22.8 Å². The topological polar surface area (TPSA) is 88.5 Å². The summed E-state index contributed by atoms with van der Waals surface area (Å²) in [5.41, 5.74) is -0.761. The van der Waals surface area contributed by atoms with Crippen LogP contribution in [0.5, 0.6) is 0 Å². The fourth-order valence-corrected chi connectivity index (χ4v) is 1.87. The first-order valence-corrected chi connectivity index (χ1v) is 6.30. The summed E-state index contributed by atoms with van der Waals surface area (Å²) in [5.74, 6) is -1.45. The summed E-state index contributed by atoms with van der Waals surface area (Å²) in [6.45, 7) is 1.71. The Bertz CT molecular complexity index is 463. The number of hydrogen-bond donors (Lipinski definition) is 2. The summed E-state index contributed by atoms with van der Waals surface area (Å²) in [6.07, 6.45) is 1.27. The molecule has 104 valence electrons. The molecule has 0 spiro atoms. The number of carbonyl (C=O) groups excluding carboxylic acids is 1. The molecule has 19 heavy (non-hydrogen) atoms. The molecule has 1 atom stereocenters. The lowest BCUT2D eigenvalue weighted by atomic mass is 9.98. The molecule has 2 N–H and O–H groups in total. The van der Waals surface area contributed by atoms with E-state index in [1.807, 2.05) is 0 Å². The Balaban J connectivity index is 2.81. The van der Waals surface area contributed by atoms with E-state index in [4.69, 9.17) is 9.84 Å². The van der Waals surface area contributed by atoms with Crippen molar-refractivity contribution in [3.05, 3.63) is 28.5 Å². The van der Waals surface area contributed by atoms with Crippen molar-refractivity contribution in [2.24, 2.45) is 0 Å². The second-order valence-corrected chi connectivity index (χ2v) is 5.30. The van der Waals surface area contributed by atoms with Crippen LogP contribution in [-0.4, -0.2) is 41.2 Å². The number of halogens is 1. The van der Waals surface area contributed by atoms with Gasteiger partial charge >= 0.3 is 5.97 Å². The zero-order chi connectivity index (χ0) is 14.5. The normalized spacial score (nSPS) is 13.6. The van der Waals surface area contributed by atoms with E-state index in [1.165, 1.54) is 13.3 Å². The van der Waals surface area contributed by atoms with Crippen LogP contribution in [0, 0.1) is 0 Å². The van der Waals surface area contributed by atoms with Gasteiger partial charge in [0.15, 0.2) is 0 Å². The lowest BCUT2D eigenvalue weighted by molar-refractivity contribution is -0.139. The van der Waals surface area contributed by atoms with E-state index < -0.39 is 17.4 Å². The Labute approximate surface area is 119 Å². The summed E-state index contributed by atoms with van der Waals surface area (Å²) in [6, 6.07) is 3.24. The Kier molecular flexibility index (Phi) is 5.44. The lowest BCUT2D eigenvalue weighted by Gasteiger charge is -2.28. The van der Waals surface area contributed by atoms with Crippen LogP contribution >= 0.6 is 15.9 Å². The van der Waals surface area contributed by atoms with Gasteiger partial charge < -0.3 is 15.2 Å². The van der Waals surface area contributed by atoms with E-state index in [0.29, 0.717) is 0 Å². The van der Waals surface area contributed by atoms with E-state index >= 15 is 0 Å². The van der Waals surface area contributed by atoms with Gasteiger partial charge in [0, 0.05) is 17.8 Å². The number of carboxylic acid groups (broad SMARTS) is 1. The van der Waals surface area contributed by atoms with Crippen LogP contribution in [0.4, 0.5) is 0 Å². The van der Waals surface area contributed by atoms with Gasteiger partial charge in [-0.1, -0.05) is 0 Å². The number of pyridine rings is 1. The molecule has 0 fully saturated rings. The number of nitrogens with one attached hydrogen (secondary N) is 1. The number of rotatable bonds is 6. The number of aliphatic carboxylic acids is 1. The molecule has 0 aliphatic carbocycles. The number of carbonyl (C=O) groups is 2. The molecule has 1 rings (SSSR count). The minimum absolute atomic E-state index is 0.0988. The van der Waals surface area contributed by atoms with Crippen LogP contribution in [-0.2, 0) is 9.53 Å². The molecule has 1 amide bonds. The van der Waals surface area contributed by atoms with Crippen molar-refractivity contribution in [3.8, 4) is 0 Å². The van der Waals surface area contributed by atoms with Crippen LogP contribution in [0.1, 0.15) is 23.8 Å². The maximum atomic E-state index is 12.0. The number of ether oxygens (including phenoxy) is 1. The lowest BCUT2D eigenvalue weighted by Crippen LogP contribution is -2.50. The summed E-state index contributed by atoms with van der Waals surface area (Å²) in [5, 5.41) is 11.5. The highest BCUT2D eigenvalue weighted by Crippen LogP contribution is 2.13. The van der Waals surface area contributed by atoms with E-state index in [1.54, 1.807) is 19.1 Å². The summed E-state index contributed by atoms with van der Waals surface area (Å²) < 4.78 is 5.72. The molecule has 0 radical (unpaired) electrons. The Hall–Kier alpha value is -1.47. The SMILES string of the molecule is COCC(C)(CC(=O)O)NC(=O)c1ccc(Br)cn1. The number of carboxylic acids is 1. The standard InChI is InChI=1S/C12H15BrN2O4/c1-12(7-19-2,5-10(16)17)15-11(18)9-4-3-8(13)6-14-9/h3-4,6H,5,7H2,1-2H3,(H,15,18)(H,16,17). The molecule has 0 aliphatic heterocycles. The second-order valence-electron chi connectivity index (χ2n) is 4.38. The predicted octanol–water partition coefficient (Wildman–Crippen LogP) is 1.45. The van der Waals surface area contributed by atoms with Crippen LogP contribution in [0.3, 0.4) is 0 Å². The van der Waals surface area contributed by atoms with Gasteiger partial charge in [0.2, 0.25) is 0 Å². The fourth-order valence-electron chi connectivity index (χ4n) is 1.63. The van der Waals surface area contributed by atoms with Crippen molar-refractivity contribution in [2.45, 2.75) is 18.9 Å². The maximum Gasteiger partial charge on any atom is 0.305 e. The van der Waals surface area contributed by atoms with Gasteiger partial charge in [0.1, 0.15) is 5.69 Å². The van der Waals surface area contributed by atoms with Gasteiger partial charge in [-0.25, -0.2) is 4.98 Å². The molecule has 1 heterocycles. The molecule has 0 saturated heterocycles. The first-order chi connectivity index (χ1) is 8.86. The Morgan fingerprint density at radius 3 is 2.68 bits per heavy atom.